The summed E-state index contributed by atoms with van der Waals surface area (Å²) in [4.78, 5) is 12.0. The molecule has 0 radical (unpaired) electrons. The van der Waals surface area contributed by atoms with Gasteiger partial charge in [-0.1, -0.05) is 13.8 Å². The van der Waals surface area contributed by atoms with Gasteiger partial charge in [-0.3, -0.25) is 0 Å². The van der Waals surface area contributed by atoms with Crippen LogP contribution in [0.4, 0.5) is 5.69 Å². The number of hydrogen-bond donors (Lipinski definition) is 1. The van der Waals surface area contributed by atoms with Crippen molar-refractivity contribution < 1.29 is 0 Å². The molecule has 2 saturated carbocycles. The van der Waals surface area contributed by atoms with Crippen molar-refractivity contribution in [2.24, 2.45) is 11.8 Å². The van der Waals surface area contributed by atoms with Crippen LogP contribution in [0.15, 0.2) is 6.20 Å². The highest BCUT2D eigenvalue weighted by Crippen LogP contribution is 2.36. The number of rotatable bonds is 8. The first-order chi connectivity index (χ1) is 10.2. The van der Waals surface area contributed by atoms with E-state index in [1.54, 1.807) is 0 Å². The fourth-order valence-electron chi connectivity index (χ4n) is 2.76. The third-order valence-electron chi connectivity index (χ3n) is 4.42. The Morgan fingerprint density at radius 1 is 1.19 bits per heavy atom. The maximum Gasteiger partial charge on any atom is 0.131 e. The van der Waals surface area contributed by atoms with Gasteiger partial charge >= 0.3 is 0 Å². The fraction of sp³-hybridized carbons (Fsp3) is 0.765. The molecule has 4 nitrogen and oxygen atoms in total. The van der Waals surface area contributed by atoms with Gasteiger partial charge in [0, 0.05) is 25.6 Å². The van der Waals surface area contributed by atoms with E-state index < -0.39 is 0 Å². The van der Waals surface area contributed by atoms with Crippen LogP contribution in [0.3, 0.4) is 0 Å². The van der Waals surface area contributed by atoms with Crippen LogP contribution >= 0.6 is 0 Å². The van der Waals surface area contributed by atoms with Crippen LogP contribution in [-0.2, 0) is 6.54 Å². The predicted molar refractivity (Wildman–Crippen MR) is 86.5 cm³/mol. The van der Waals surface area contributed by atoms with Crippen LogP contribution in [0.1, 0.15) is 57.0 Å². The van der Waals surface area contributed by atoms with Gasteiger partial charge in [0.15, 0.2) is 0 Å². The molecule has 2 fully saturated rings. The van der Waals surface area contributed by atoms with E-state index in [1.165, 1.54) is 44.5 Å². The molecular formula is C17H28N4. The topological polar surface area (TPSA) is 41.1 Å². The third kappa shape index (κ3) is 3.94. The summed E-state index contributed by atoms with van der Waals surface area (Å²) < 4.78 is 0. The molecule has 1 heterocycles. The average molecular weight is 288 g/mol. The van der Waals surface area contributed by atoms with Crippen LogP contribution in [0.25, 0.3) is 0 Å². The largest absolute Gasteiger partial charge is 0.368 e. The maximum absolute atomic E-state index is 4.82. The minimum Gasteiger partial charge on any atom is -0.368 e. The standard InChI is InChI=1S/C17H28N4/c1-12(2)17-19-9-16(15(20-17)8-18-3)21(10-13-4-5-13)11-14-6-7-14/h9,12-14,18H,4-8,10-11H2,1-3H3. The molecule has 0 aromatic carbocycles. The summed E-state index contributed by atoms with van der Waals surface area (Å²) in [6, 6.07) is 0. The van der Waals surface area contributed by atoms with Crippen LogP contribution in [0.2, 0.25) is 0 Å². The molecular weight excluding hydrogens is 260 g/mol. The minimum atomic E-state index is 0.384. The van der Waals surface area contributed by atoms with Gasteiger partial charge in [0.25, 0.3) is 0 Å². The second-order valence-electron chi connectivity index (χ2n) is 7.04. The van der Waals surface area contributed by atoms with Gasteiger partial charge < -0.3 is 10.2 Å². The average Bonchev–Trinajstić information content (AvgIpc) is 3.34. The summed E-state index contributed by atoms with van der Waals surface area (Å²) in [5, 5.41) is 3.27. The molecule has 116 valence electrons. The zero-order valence-electron chi connectivity index (χ0n) is 13.6. The van der Waals surface area contributed by atoms with Gasteiger partial charge in [-0.25, -0.2) is 9.97 Å². The summed E-state index contributed by atoms with van der Waals surface area (Å²) in [7, 11) is 1.99. The van der Waals surface area contributed by atoms with Crippen molar-refractivity contribution in [1.29, 1.82) is 0 Å². The molecule has 0 saturated heterocycles. The molecule has 0 amide bonds. The van der Waals surface area contributed by atoms with Crippen molar-refractivity contribution in [3.8, 4) is 0 Å². The number of hydrogen-bond acceptors (Lipinski definition) is 4. The Morgan fingerprint density at radius 3 is 2.29 bits per heavy atom. The monoisotopic (exact) mass is 288 g/mol. The molecule has 1 N–H and O–H groups in total. The lowest BCUT2D eigenvalue weighted by molar-refractivity contribution is 0.659. The highest BCUT2D eigenvalue weighted by atomic mass is 15.2. The van der Waals surface area contributed by atoms with E-state index >= 15 is 0 Å². The maximum atomic E-state index is 4.82. The number of nitrogens with one attached hydrogen (secondary N) is 1. The zero-order chi connectivity index (χ0) is 14.8. The van der Waals surface area contributed by atoms with Crippen molar-refractivity contribution in [1.82, 2.24) is 15.3 Å². The Kier molecular flexibility index (Phi) is 4.43. The van der Waals surface area contributed by atoms with Crippen molar-refractivity contribution in [2.75, 3.05) is 25.0 Å². The van der Waals surface area contributed by atoms with Crippen molar-refractivity contribution in [3.05, 3.63) is 17.7 Å². The highest BCUT2D eigenvalue weighted by Gasteiger charge is 2.30. The Morgan fingerprint density at radius 2 is 1.81 bits per heavy atom. The quantitative estimate of drug-likeness (QED) is 0.798. The molecule has 3 rings (SSSR count). The summed E-state index contributed by atoms with van der Waals surface area (Å²) in [5.74, 6) is 3.14. The molecule has 0 unspecified atom stereocenters. The van der Waals surface area contributed by atoms with Gasteiger partial charge in [0.05, 0.1) is 17.6 Å². The SMILES string of the molecule is CNCc1nc(C(C)C)ncc1N(CC1CC1)CC1CC1. The lowest BCUT2D eigenvalue weighted by Crippen LogP contribution is -2.30. The van der Waals surface area contributed by atoms with E-state index in [4.69, 9.17) is 4.98 Å². The van der Waals surface area contributed by atoms with Gasteiger partial charge in [0.1, 0.15) is 5.82 Å². The lowest BCUT2D eigenvalue weighted by atomic mass is 10.2. The second-order valence-corrected chi connectivity index (χ2v) is 7.04. The first-order valence-corrected chi connectivity index (χ1v) is 8.42. The third-order valence-corrected chi connectivity index (χ3v) is 4.42. The van der Waals surface area contributed by atoms with Gasteiger partial charge in [-0.2, -0.15) is 0 Å². The molecule has 1 aromatic rings. The van der Waals surface area contributed by atoms with E-state index in [0.29, 0.717) is 5.92 Å². The van der Waals surface area contributed by atoms with Crippen LogP contribution in [0, 0.1) is 11.8 Å². The molecule has 21 heavy (non-hydrogen) atoms. The zero-order valence-corrected chi connectivity index (χ0v) is 13.6. The van der Waals surface area contributed by atoms with Gasteiger partial charge in [-0.05, 0) is 44.6 Å². The van der Waals surface area contributed by atoms with Crippen LogP contribution < -0.4 is 10.2 Å². The summed E-state index contributed by atoms with van der Waals surface area (Å²) in [6.45, 7) is 7.52. The van der Waals surface area contributed by atoms with Crippen LogP contribution in [0.5, 0.6) is 0 Å². The molecule has 2 aliphatic carbocycles. The van der Waals surface area contributed by atoms with E-state index in [2.05, 4.69) is 35.2 Å². The molecule has 0 aliphatic heterocycles. The Hall–Kier alpha value is -1.16. The smallest absolute Gasteiger partial charge is 0.131 e. The van der Waals surface area contributed by atoms with Crippen molar-refractivity contribution in [3.63, 3.8) is 0 Å². The Balaban J connectivity index is 1.84. The summed E-state index contributed by atoms with van der Waals surface area (Å²) in [6.07, 6.45) is 7.65. The number of aromatic nitrogens is 2. The lowest BCUT2D eigenvalue weighted by Gasteiger charge is -2.27. The van der Waals surface area contributed by atoms with E-state index in [1.807, 2.05) is 7.05 Å². The fourth-order valence-corrected chi connectivity index (χ4v) is 2.76. The molecule has 4 heteroatoms. The Labute approximate surface area is 128 Å². The number of nitrogens with zero attached hydrogens (tertiary/aromatic N) is 3. The molecule has 0 atom stereocenters. The summed E-state index contributed by atoms with van der Waals surface area (Å²) in [5.41, 5.74) is 2.42. The molecule has 1 aromatic heterocycles. The molecule has 0 spiro atoms. The van der Waals surface area contributed by atoms with Gasteiger partial charge in [-0.15, -0.1) is 0 Å². The van der Waals surface area contributed by atoms with E-state index in [0.717, 1.165) is 29.9 Å². The molecule has 2 aliphatic rings. The van der Waals surface area contributed by atoms with E-state index in [-0.39, 0.29) is 0 Å². The summed E-state index contributed by atoms with van der Waals surface area (Å²) >= 11 is 0. The Bertz CT molecular complexity index is 464. The normalized spacial score (nSPS) is 18.3. The van der Waals surface area contributed by atoms with E-state index in [9.17, 15) is 0 Å². The highest BCUT2D eigenvalue weighted by molar-refractivity contribution is 5.49. The number of anilines is 1. The first-order valence-electron chi connectivity index (χ1n) is 8.42. The first kappa shape index (κ1) is 14.8. The van der Waals surface area contributed by atoms with Crippen LogP contribution in [-0.4, -0.2) is 30.1 Å². The van der Waals surface area contributed by atoms with Gasteiger partial charge in [0.2, 0.25) is 0 Å². The molecule has 0 bridgehead atoms. The minimum absolute atomic E-state index is 0.384. The predicted octanol–water partition coefficient (Wildman–Crippen LogP) is 2.95. The van der Waals surface area contributed by atoms with Crippen molar-refractivity contribution >= 4 is 5.69 Å². The van der Waals surface area contributed by atoms with Crippen molar-refractivity contribution in [2.45, 2.75) is 52.0 Å². The second kappa shape index (κ2) is 6.30.